The smallest absolute Gasteiger partial charge is 0.269 e. The lowest BCUT2D eigenvalue weighted by molar-refractivity contribution is -0.384. The Balaban J connectivity index is 1.88. The van der Waals surface area contributed by atoms with Crippen LogP contribution >= 0.6 is 23.2 Å². The summed E-state index contributed by atoms with van der Waals surface area (Å²) in [6, 6.07) is 7.88. The second kappa shape index (κ2) is 8.45. The zero-order chi connectivity index (χ0) is 21.3. The summed E-state index contributed by atoms with van der Waals surface area (Å²) in [6.45, 7) is 4.06. The molecule has 1 fully saturated rings. The highest BCUT2D eigenvalue weighted by atomic mass is 35.5. The largest absolute Gasteiger partial charge is 0.454 e. The summed E-state index contributed by atoms with van der Waals surface area (Å²) in [6.07, 6.45) is -0.464. The molecule has 11 heteroatoms. The van der Waals surface area contributed by atoms with Crippen LogP contribution in [-0.4, -0.2) is 42.9 Å². The minimum Gasteiger partial charge on any atom is -0.454 e. The number of benzene rings is 2. The maximum Gasteiger partial charge on any atom is 0.269 e. The monoisotopic (exact) mass is 460 g/mol. The van der Waals surface area contributed by atoms with Gasteiger partial charge in [0.1, 0.15) is 5.75 Å². The van der Waals surface area contributed by atoms with E-state index >= 15 is 0 Å². The minimum atomic E-state index is -3.82. The van der Waals surface area contributed by atoms with Crippen molar-refractivity contribution in [1.29, 1.82) is 0 Å². The molecule has 0 aromatic heterocycles. The fraction of sp³-hybridized carbons (Fsp3) is 0.333. The van der Waals surface area contributed by atoms with Gasteiger partial charge in [-0.3, -0.25) is 10.1 Å². The third-order valence-electron chi connectivity index (χ3n) is 4.26. The molecule has 3 rings (SSSR count). The van der Waals surface area contributed by atoms with E-state index in [2.05, 4.69) is 0 Å². The molecule has 0 unspecified atom stereocenters. The topological polar surface area (TPSA) is 99.0 Å². The Morgan fingerprint density at radius 1 is 1.10 bits per heavy atom. The van der Waals surface area contributed by atoms with Crippen molar-refractivity contribution in [3.63, 3.8) is 0 Å². The molecule has 0 aliphatic carbocycles. The normalized spacial score (nSPS) is 20.4. The molecule has 0 radical (unpaired) electrons. The van der Waals surface area contributed by atoms with E-state index in [0.29, 0.717) is 0 Å². The highest BCUT2D eigenvalue weighted by Gasteiger charge is 2.33. The summed E-state index contributed by atoms with van der Waals surface area (Å²) < 4.78 is 38.5. The number of ether oxygens (including phenoxy) is 2. The molecule has 0 spiro atoms. The minimum absolute atomic E-state index is 0.00350. The molecule has 0 amide bonds. The molecule has 0 bridgehead atoms. The van der Waals surface area contributed by atoms with Crippen molar-refractivity contribution in [2.24, 2.45) is 0 Å². The number of rotatable bonds is 5. The molecule has 2 aromatic rings. The van der Waals surface area contributed by atoms with Gasteiger partial charge < -0.3 is 9.47 Å². The van der Waals surface area contributed by atoms with E-state index in [-0.39, 0.29) is 57.4 Å². The fourth-order valence-electron chi connectivity index (χ4n) is 3.01. The van der Waals surface area contributed by atoms with E-state index in [9.17, 15) is 18.5 Å². The number of hydrogen-bond donors (Lipinski definition) is 0. The van der Waals surface area contributed by atoms with Crippen molar-refractivity contribution in [3.8, 4) is 11.5 Å². The van der Waals surface area contributed by atoms with Gasteiger partial charge in [-0.2, -0.15) is 4.31 Å². The predicted octanol–water partition coefficient (Wildman–Crippen LogP) is 4.49. The van der Waals surface area contributed by atoms with Crippen molar-refractivity contribution in [3.05, 3.63) is 56.6 Å². The maximum atomic E-state index is 13.0. The Morgan fingerprint density at radius 2 is 1.62 bits per heavy atom. The number of morpholine rings is 1. The molecular formula is C18H18Cl2N2O6S. The lowest BCUT2D eigenvalue weighted by Gasteiger charge is -2.34. The fourth-order valence-corrected chi connectivity index (χ4v) is 5.35. The first-order valence-corrected chi connectivity index (χ1v) is 10.8. The standard InChI is InChI=1S/C18H18Cl2N2O6S/c1-11-9-21(10-12(2)27-11)29(25,26)15-7-16(19)18(17(20)8-15)28-14-5-3-13(4-6-14)22(23)24/h3-8,11-12H,9-10H2,1-2H3/t11-,12-/m0/s1. The summed E-state index contributed by atoms with van der Waals surface area (Å²) >= 11 is 12.5. The third kappa shape index (κ3) is 4.81. The van der Waals surface area contributed by atoms with Crippen LogP contribution < -0.4 is 4.74 Å². The molecule has 1 heterocycles. The number of halogens is 2. The van der Waals surface area contributed by atoms with Crippen molar-refractivity contribution in [1.82, 2.24) is 4.31 Å². The Hall–Kier alpha value is -1.91. The van der Waals surface area contributed by atoms with Crippen LogP contribution in [-0.2, 0) is 14.8 Å². The Morgan fingerprint density at radius 3 is 2.10 bits per heavy atom. The predicted molar refractivity (Wildman–Crippen MR) is 108 cm³/mol. The van der Waals surface area contributed by atoms with Gasteiger partial charge in [-0.1, -0.05) is 23.2 Å². The number of nitro groups is 1. The average molecular weight is 461 g/mol. The summed E-state index contributed by atoms with van der Waals surface area (Å²) in [5, 5.41) is 10.7. The third-order valence-corrected chi connectivity index (χ3v) is 6.63. The molecule has 0 N–H and O–H groups in total. The molecule has 1 aliphatic rings. The van der Waals surface area contributed by atoms with Gasteiger partial charge >= 0.3 is 0 Å². The Labute approximate surface area is 178 Å². The maximum absolute atomic E-state index is 13.0. The van der Waals surface area contributed by atoms with E-state index in [1.165, 1.54) is 40.7 Å². The van der Waals surface area contributed by atoms with Gasteiger partial charge in [0.25, 0.3) is 5.69 Å². The van der Waals surface area contributed by atoms with Crippen LogP contribution in [0.5, 0.6) is 11.5 Å². The van der Waals surface area contributed by atoms with Gasteiger partial charge in [0.2, 0.25) is 10.0 Å². The number of nitrogens with zero attached hydrogens (tertiary/aromatic N) is 2. The van der Waals surface area contributed by atoms with Gasteiger partial charge in [-0.05, 0) is 38.1 Å². The molecule has 0 saturated carbocycles. The first-order valence-electron chi connectivity index (χ1n) is 8.65. The first kappa shape index (κ1) is 21.8. The van der Waals surface area contributed by atoms with Crippen LogP contribution in [0.3, 0.4) is 0 Å². The summed E-state index contributed by atoms with van der Waals surface area (Å²) in [5.41, 5.74) is -0.0926. The molecule has 1 aliphatic heterocycles. The quantitative estimate of drug-likeness (QED) is 0.481. The SMILES string of the molecule is C[C@H]1CN(S(=O)(=O)c2cc(Cl)c(Oc3ccc([N+](=O)[O-])cc3)c(Cl)c2)C[C@H](C)O1. The molecule has 2 atom stereocenters. The zero-order valence-electron chi connectivity index (χ0n) is 15.5. The van der Waals surface area contributed by atoms with E-state index in [1.54, 1.807) is 13.8 Å². The van der Waals surface area contributed by atoms with Crippen LogP contribution in [0.4, 0.5) is 5.69 Å². The number of nitro benzene ring substituents is 1. The highest BCUT2D eigenvalue weighted by Crippen LogP contribution is 2.39. The van der Waals surface area contributed by atoms with E-state index in [1.807, 2.05) is 0 Å². The lowest BCUT2D eigenvalue weighted by Crippen LogP contribution is -2.48. The van der Waals surface area contributed by atoms with Gasteiger partial charge in [0.15, 0.2) is 5.75 Å². The highest BCUT2D eigenvalue weighted by molar-refractivity contribution is 7.89. The number of non-ortho nitro benzene ring substituents is 1. The summed E-state index contributed by atoms with van der Waals surface area (Å²) in [5.74, 6) is 0.329. The van der Waals surface area contributed by atoms with Crippen molar-refractivity contribution in [2.45, 2.75) is 31.0 Å². The van der Waals surface area contributed by atoms with Crippen LogP contribution in [0.15, 0.2) is 41.3 Å². The molecule has 156 valence electrons. The van der Waals surface area contributed by atoms with Crippen molar-refractivity contribution < 1.29 is 22.8 Å². The number of hydrogen-bond acceptors (Lipinski definition) is 6. The summed E-state index contributed by atoms with van der Waals surface area (Å²) in [4.78, 5) is 10.2. The molecule has 8 nitrogen and oxygen atoms in total. The van der Waals surface area contributed by atoms with Gasteiger partial charge in [0, 0.05) is 25.2 Å². The van der Waals surface area contributed by atoms with Crippen LogP contribution in [0.2, 0.25) is 10.0 Å². The number of sulfonamides is 1. The average Bonchev–Trinajstić information content (AvgIpc) is 2.64. The Bertz CT molecular complexity index is 996. The van der Waals surface area contributed by atoms with Crippen LogP contribution in [0.25, 0.3) is 0 Å². The Kier molecular flexibility index (Phi) is 6.35. The molecule has 29 heavy (non-hydrogen) atoms. The van der Waals surface area contributed by atoms with Crippen molar-refractivity contribution in [2.75, 3.05) is 13.1 Å². The first-order chi connectivity index (χ1) is 13.6. The molecule has 1 saturated heterocycles. The zero-order valence-corrected chi connectivity index (χ0v) is 17.9. The van der Waals surface area contributed by atoms with E-state index < -0.39 is 14.9 Å². The lowest BCUT2D eigenvalue weighted by atomic mass is 10.3. The van der Waals surface area contributed by atoms with Gasteiger partial charge in [-0.25, -0.2) is 8.42 Å². The second-order valence-corrected chi connectivity index (χ2v) is 9.40. The van der Waals surface area contributed by atoms with Crippen LogP contribution in [0.1, 0.15) is 13.8 Å². The molecular weight excluding hydrogens is 443 g/mol. The van der Waals surface area contributed by atoms with Crippen LogP contribution in [0, 0.1) is 10.1 Å². The van der Waals surface area contributed by atoms with E-state index in [0.717, 1.165) is 0 Å². The second-order valence-electron chi connectivity index (χ2n) is 6.65. The van der Waals surface area contributed by atoms with Gasteiger partial charge in [-0.15, -0.1) is 0 Å². The summed E-state index contributed by atoms with van der Waals surface area (Å²) in [7, 11) is -3.82. The van der Waals surface area contributed by atoms with Crippen molar-refractivity contribution >= 4 is 38.9 Å². The molecule has 2 aromatic carbocycles. The van der Waals surface area contributed by atoms with E-state index in [4.69, 9.17) is 32.7 Å². The van der Waals surface area contributed by atoms with Gasteiger partial charge in [0.05, 0.1) is 32.1 Å².